The molecule has 1 aliphatic heterocycles. The summed E-state index contributed by atoms with van der Waals surface area (Å²) in [7, 11) is -3.51. The van der Waals surface area contributed by atoms with Crippen molar-refractivity contribution in [3.8, 4) is 0 Å². The molecule has 0 fully saturated rings. The maximum Gasteiger partial charge on any atom is 0.264 e. The second kappa shape index (κ2) is 5.90. The van der Waals surface area contributed by atoms with Crippen molar-refractivity contribution < 1.29 is 8.42 Å². The van der Waals surface area contributed by atoms with Crippen molar-refractivity contribution in [1.82, 2.24) is 0 Å². The van der Waals surface area contributed by atoms with Crippen LogP contribution in [0, 0.1) is 0 Å². The third-order valence-electron chi connectivity index (χ3n) is 5.27. The first kappa shape index (κ1) is 15.7. The lowest BCUT2D eigenvalue weighted by atomic mass is 9.83. The summed E-state index contributed by atoms with van der Waals surface area (Å²) >= 11 is 0. The number of anilines is 1. The average molecular weight is 342 g/mol. The largest absolute Gasteiger partial charge is 0.330 e. The van der Waals surface area contributed by atoms with Gasteiger partial charge in [-0.2, -0.15) is 0 Å². The van der Waals surface area contributed by atoms with Gasteiger partial charge in [0.1, 0.15) is 0 Å². The molecule has 0 saturated carbocycles. The summed E-state index contributed by atoms with van der Waals surface area (Å²) in [6.45, 7) is 1.14. The van der Waals surface area contributed by atoms with Crippen molar-refractivity contribution >= 4 is 15.7 Å². The molecule has 0 saturated heterocycles. The number of benzene rings is 2. The number of aryl methyl sites for hydroxylation is 1. The highest BCUT2D eigenvalue weighted by Gasteiger charge is 2.31. The predicted molar refractivity (Wildman–Crippen MR) is 95.9 cm³/mol. The molecule has 4 rings (SSSR count). The minimum Gasteiger partial charge on any atom is -0.330 e. The van der Waals surface area contributed by atoms with Gasteiger partial charge in [0.05, 0.1) is 10.6 Å². The van der Waals surface area contributed by atoms with Crippen LogP contribution >= 0.6 is 0 Å². The smallest absolute Gasteiger partial charge is 0.264 e. The lowest BCUT2D eigenvalue weighted by Gasteiger charge is -2.26. The highest BCUT2D eigenvalue weighted by molar-refractivity contribution is 7.92. The summed E-state index contributed by atoms with van der Waals surface area (Å²) in [5.74, 6) is 0.359. The fourth-order valence-electron chi connectivity index (χ4n) is 3.98. The Hall–Kier alpha value is -1.85. The van der Waals surface area contributed by atoms with Crippen molar-refractivity contribution in [2.45, 2.75) is 36.5 Å². The van der Waals surface area contributed by atoms with Gasteiger partial charge in [-0.25, -0.2) is 8.42 Å². The Kier molecular flexibility index (Phi) is 3.85. The third-order valence-corrected chi connectivity index (χ3v) is 7.08. The summed E-state index contributed by atoms with van der Waals surface area (Å²) in [4.78, 5) is 0.399. The Morgan fingerprint density at radius 3 is 2.75 bits per heavy atom. The highest BCUT2D eigenvalue weighted by Crippen LogP contribution is 2.36. The van der Waals surface area contributed by atoms with Crippen LogP contribution in [0.3, 0.4) is 0 Å². The molecule has 0 spiro atoms. The van der Waals surface area contributed by atoms with Gasteiger partial charge in [0.2, 0.25) is 0 Å². The van der Waals surface area contributed by atoms with E-state index in [4.69, 9.17) is 5.73 Å². The van der Waals surface area contributed by atoms with Crippen molar-refractivity contribution in [2.24, 2.45) is 5.73 Å². The lowest BCUT2D eigenvalue weighted by molar-refractivity contribution is 0.558. The zero-order chi connectivity index (χ0) is 16.7. The van der Waals surface area contributed by atoms with Crippen LogP contribution in [-0.4, -0.2) is 21.5 Å². The van der Waals surface area contributed by atoms with Gasteiger partial charge >= 0.3 is 0 Å². The number of rotatable bonds is 3. The molecule has 5 heteroatoms. The van der Waals surface area contributed by atoms with Crippen LogP contribution in [0.5, 0.6) is 0 Å². The molecule has 0 bridgehead atoms. The van der Waals surface area contributed by atoms with E-state index < -0.39 is 10.0 Å². The number of nitrogens with two attached hydrogens (primary N) is 1. The third kappa shape index (κ3) is 2.43. The Morgan fingerprint density at radius 1 is 1.08 bits per heavy atom. The average Bonchev–Trinajstić information content (AvgIpc) is 3.05. The summed E-state index contributed by atoms with van der Waals surface area (Å²) in [6.07, 6.45) is 3.88. The van der Waals surface area contributed by atoms with Gasteiger partial charge < -0.3 is 5.73 Å². The van der Waals surface area contributed by atoms with Gasteiger partial charge in [-0.3, -0.25) is 4.31 Å². The first-order valence-electron chi connectivity index (χ1n) is 8.55. The molecule has 1 heterocycles. The molecular weight excluding hydrogens is 320 g/mol. The summed E-state index contributed by atoms with van der Waals surface area (Å²) < 4.78 is 27.8. The van der Waals surface area contributed by atoms with Crippen molar-refractivity contribution in [2.75, 3.05) is 17.4 Å². The SMILES string of the molecule is NC[C@@H]1CCCc2cc(S(=O)(=O)N3CCc4ccccc43)ccc21. The van der Waals surface area contributed by atoms with Gasteiger partial charge in [0.15, 0.2) is 0 Å². The van der Waals surface area contributed by atoms with Crippen molar-refractivity contribution in [3.63, 3.8) is 0 Å². The Morgan fingerprint density at radius 2 is 1.92 bits per heavy atom. The van der Waals surface area contributed by atoms with E-state index in [-0.39, 0.29) is 0 Å². The highest BCUT2D eigenvalue weighted by atomic mass is 32.2. The number of hydrogen-bond donors (Lipinski definition) is 1. The second-order valence-corrected chi connectivity index (χ2v) is 8.50. The van der Waals surface area contributed by atoms with Crippen LogP contribution in [0.2, 0.25) is 0 Å². The van der Waals surface area contributed by atoms with Crippen LogP contribution in [0.4, 0.5) is 5.69 Å². The van der Waals surface area contributed by atoms with E-state index in [2.05, 4.69) is 0 Å². The number of para-hydroxylation sites is 1. The molecule has 4 nitrogen and oxygen atoms in total. The zero-order valence-corrected chi connectivity index (χ0v) is 14.4. The molecular formula is C19H22N2O2S. The van der Waals surface area contributed by atoms with Gasteiger partial charge in [0.25, 0.3) is 10.0 Å². The van der Waals surface area contributed by atoms with E-state index in [1.54, 1.807) is 10.4 Å². The number of fused-ring (bicyclic) bond motifs is 2. The molecule has 2 aromatic rings. The van der Waals surface area contributed by atoms with Crippen LogP contribution in [0.1, 0.15) is 35.4 Å². The molecule has 0 unspecified atom stereocenters. The van der Waals surface area contributed by atoms with Gasteiger partial charge in [-0.15, -0.1) is 0 Å². The van der Waals surface area contributed by atoms with Crippen molar-refractivity contribution in [1.29, 1.82) is 0 Å². The maximum absolute atomic E-state index is 13.1. The van der Waals surface area contributed by atoms with Gasteiger partial charge in [-0.05, 0) is 73.0 Å². The quantitative estimate of drug-likeness (QED) is 0.933. The van der Waals surface area contributed by atoms with E-state index in [1.165, 1.54) is 5.56 Å². The standard InChI is InChI=1S/C19H22N2O2S/c20-13-16-6-3-5-15-12-17(8-9-18(15)16)24(22,23)21-11-10-14-4-1-2-7-19(14)21/h1-2,4,7-9,12,16H,3,5-6,10-11,13,20H2/t16-/m0/s1. The van der Waals surface area contributed by atoms with Gasteiger partial charge in [0, 0.05) is 6.54 Å². The molecule has 2 aliphatic rings. The fraction of sp³-hybridized carbons (Fsp3) is 0.368. The van der Waals surface area contributed by atoms with E-state index in [0.717, 1.165) is 42.5 Å². The topological polar surface area (TPSA) is 63.4 Å². The molecule has 0 radical (unpaired) electrons. The molecule has 1 aliphatic carbocycles. The fourth-order valence-corrected chi connectivity index (χ4v) is 5.54. The molecule has 2 aromatic carbocycles. The number of nitrogens with zero attached hydrogens (tertiary/aromatic N) is 1. The predicted octanol–water partition coefficient (Wildman–Crippen LogP) is 2.82. The Labute approximate surface area is 143 Å². The van der Waals surface area contributed by atoms with Crippen LogP contribution in [0.25, 0.3) is 0 Å². The van der Waals surface area contributed by atoms with Crippen molar-refractivity contribution in [3.05, 3.63) is 59.2 Å². The maximum atomic E-state index is 13.1. The summed E-state index contributed by atoms with van der Waals surface area (Å²) in [5, 5.41) is 0. The molecule has 0 amide bonds. The van der Waals surface area contributed by atoms with E-state index >= 15 is 0 Å². The minimum atomic E-state index is -3.51. The number of hydrogen-bond acceptors (Lipinski definition) is 3. The van der Waals surface area contributed by atoms with Gasteiger partial charge in [-0.1, -0.05) is 24.3 Å². The molecule has 2 N–H and O–H groups in total. The monoisotopic (exact) mass is 342 g/mol. The Bertz CT molecular complexity index is 877. The molecule has 1 atom stereocenters. The van der Waals surface area contributed by atoms with Crippen LogP contribution in [-0.2, 0) is 22.9 Å². The summed E-state index contributed by atoms with van der Waals surface area (Å²) in [5.41, 5.74) is 10.2. The number of sulfonamides is 1. The van der Waals surface area contributed by atoms with Crippen LogP contribution in [0.15, 0.2) is 47.4 Å². The molecule has 0 aromatic heterocycles. The van der Waals surface area contributed by atoms with E-state index in [1.807, 2.05) is 36.4 Å². The zero-order valence-electron chi connectivity index (χ0n) is 13.6. The lowest BCUT2D eigenvalue weighted by Crippen LogP contribution is -2.29. The minimum absolute atomic E-state index is 0.359. The molecule has 24 heavy (non-hydrogen) atoms. The summed E-state index contributed by atoms with van der Waals surface area (Å²) in [6, 6.07) is 13.3. The first-order valence-corrected chi connectivity index (χ1v) is 9.99. The Balaban J connectivity index is 1.74. The molecule has 126 valence electrons. The van der Waals surface area contributed by atoms with E-state index in [0.29, 0.717) is 23.9 Å². The van der Waals surface area contributed by atoms with Crippen LogP contribution < -0.4 is 10.0 Å². The van der Waals surface area contributed by atoms with E-state index in [9.17, 15) is 8.42 Å². The first-order chi connectivity index (χ1) is 11.6. The normalized spacial score (nSPS) is 19.9. The second-order valence-electron chi connectivity index (χ2n) is 6.64.